The van der Waals surface area contributed by atoms with E-state index in [2.05, 4.69) is 24.0 Å². The molecule has 21 heavy (non-hydrogen) atoms. The van der Waals surface area contributed by atoms with E-state index in [4.69, 9.17) is 33.4 Å². The molecular weight excluding hydrogens is 329 g/mol. The predicted octanol–water partition coefficient (Wildman–Crippen LogP) is 4.71. The lowest BCUT2D eigenvalue weighted by molar-refractivity contribution is 0.333. The van der Waals surface area contributed by atoms with Gasteiger partial charge in [0, 0.05) is 15.8 Å². The summed E-state index contributed by atoms with van der Waals surface area (Å²) < 4.78 is 5.60. The van der Waals surface area contributed by atoms with E-state index in [1.54, 1.807) is 12.1 Å². The van der Waals surface area contributed by atoms with Gasteiger partial charge in [-0.15, -0.1) is 10.2 Å². The van der Waals surface area contributed by atoms with Crippen molar-refractivity contribution in [2.45, 2.75) is 37.3 Å². The minimum atomic E-state index is -0.235. The summed E-state index contributed by atoms with van der Waals surface area (Å²) in [6.07, 6.45) is 0.960. The van der Waals surface area contributed by atoms with E-state index in [1.165, 1.54) is 11.8 Å². The van der Waals surface area contributed by atoms with Gasteiger partial charge in [0.25, 0.3) is 5.22 Å². The summed E-state index contributed by atoms with van der Waals surface area (Å²) in [6.45, 7) is 4.14. The molecule has 1 aromatic heterocycles. The fourth-order valence-electron chi connectivity index (χ4n) is 1.71. The van der Waals surface area contributed by atoms with Crippen LogP contribution in [-0.4, -0.2) is 10.2 Å². The summed E-state index contributed by atoms with van der Waals surface area (Å²) >= 11 is 13.6. The Bertz CT molecular complexity index is 585. The van der Waals surface area contributed by atoms with Gasteiger partial charge in [-0.25, -0.2) is 0 Å². The maximum absolute atomic E-state index is 6.13. The van der Waals surface area contributed by atoms with Crippen LogP contribution in [0.2, 0.25) is 10.0 Å². The molecule has 0 bridgehead atoms. The number of aromatic nitrogens is 2. The molecule has 2 N–H and O–H groups in total. The zero-order valence-electron chi connectivity index (χ0n) is 11.8. The number of nitrogens with zero attached hydrogens (tertiary/aromatic N) is 2. The van der Waals surface area contributed by atoms with E-state index in [0.717, 1.165) is 12.0 Å². The summed E-state index contributed by atoms with van der Waals surface area (Å²) in [4.78, 5) is 0. The third-order valence-electron chi connectivity index (χ3n) is 3.37. The fraction of sp³-hybridized carbons (Fsp3) is 0.429. The van der Waals surface area contributed by atoms with Crippen molar-refractivity contribution in [1.29, 1.82) is 0 Å². The van der Waals surface area contributed by atoms with Crippen LogP contribution in [0.15, 0.2) is 27.8 Å². The number of thioether (sulfide) groups is 1. The van der Waals surface area contributed by atoms with Crippen LogP contribution in [-0.2, 0) is 5.75 Å². The summed E-state index contributed by atoms with van der Waals surface area (Å²) in [6, 6.07) is 5.19. The standard InChI is InChI=1S/C14H17Cl2N3OS/c1-3-8(2)12(17)13-18-19-14(20-13)21-7-9-10(15)5-4-6-11(9)16/h4-6,8,12H,3,7,17H2,1-2H3/t8-,12-/m0/s1. The first-order valence-electron chi connectivity index (χ1n) is 6.67. The Morgan fingerprint density at radius 3 is 2.57 bits per heavy atom. The molecule has 0 aliphatic rings. The fourth-order valence-corrected chi connectivity index (χ4v) is 3.23. The van der Waals surface area contributed by atoms with Gasteiger partial charge in [0.05, 0.1) is 6.04 Å². The average molecular weight is 346 g/mol. The SMILES string of the molecule is CC[C@H](C)[C@H](N)c1nnc(SCc2c(Cl)cccc2Cl)o1. The Kier molecular flexibility index (Phi) is 5.93. The van der Waals surface area contributed by atoms with Crippen LogP contribution in [0.5, 0.6) is 0 Å². The second-order valence-corrected chi connectivity index (χ2v) is 6.55. The van der Waals surface area contributed by atoms with E-state index in [-0.39, 0.29) is 6.04 Å². The molecule has 0 aliphatic heterocycles. The van der Waals surface area contributed by atoms with Crippen molar-refractivity contribution in [3.8, 4) is 0 Å². The van der Waals surface area contributed by atoms with Crippen LogP contribution in [0.25, 0.3) is 0 Å². The van der Waals surface area contributed by atoms with E-state index in [0.29, 0.717) is 32.8 Å². The zero-order valence-corrected chi connectivity index (χ0v) is 14.2. The molecule has 0 aliphatic carbocycles. The van der Waals surface area contributed by atoms with Crippen molar-refractivity contribution in [2.75, 3.05) is 0 Å². The van der Waals surface area contributed by atoms with Crippen LogP contribution >= 0.6 is 35.0 Å². The van der Waals surface area contributed by atoms with Gasteiger partial charge in [-0.2, -0.15) is 0 Å². The molecule has 2 rings (SSSR count). The molecule has 0 fully saturated rings. The monoisotopic (exact) mass is 345 g/mol. The van der Waals surface area contributed by atoms with Gasteiger partial charge in [0.2, 0.25) is 5.89 Å². The normalized spacial score (nSPS) is 14.1. The second-order valence-electron chi connectivity index (χ2n) is 4.81. The van der Waals surface area contributed by atoms with Gasteiger partial charge >= 0.3 is 0 Å². The molecule has 7 heteroatoms. The van der Waals surface area contributed by atoms with Crippen LogP contribution in [0, 0.1) is 5.92 Å². The zero-order chi connectivity index (χ0) is 15.4. The molecule has 0 saturated carbocycles. The van der Waals surface area contributed by atoms with E-state index < -0.39 is 0 Å². The minimum absolute atomic E-state index is 0.235. The van der Waals surface area contributed by atoms with Crippen LogP contribution < -0.4 is 5.73 Å². The molecule has 0 unspecified atom stereocenters. The molecule has 2 aromatic rings. The first-order valence-corrected chi connectivity index (χ1v) is 8.41. The number of hydrogen-bond acceptors (Lipinski definition) is 5. The van der Waals surface area contributed by atoms with Crippen molar-refractivity contribution in [3.05, 3.63) is 39.7 Å². The van der Waals surface area contributed by atoms with Crippen molar-refractivity contribution < 1.29 is 4.42 Å². The molecule has 1 heterocycles. The van der Waals surface area contributed by atoms with Gasteiger partial charge in [-0.3, -0.25) is 0 Å². The summed E-state index contributed by atoms with van der Waals surface area (Å²) in [7, 11) is 0. The third-order valence-corrected chi connectivity index (χ3v) is 4.92. The first-order chi connectivity index (χ1) is 10.0. The highest BCUT2D eigenvalue weighted by molar-refractivity contribution is 7.98. The maximum Gasteiger partial charge on any atom is 0.276 e. The van der Waals surface area contributed by atoms with Crippen LogP contribution in [0.1, 0.15) is 37.8 Å². The largest absolute Gasteiger partial charge is 0.414 e. The Hall–Kier alpha value is -0.750. The molecule has 0 amide bonds. The smallest absolute Gasteiger partial charge is 0.276 e. The highest BCUT2D eigenvalue weighted by Gasteiger charge is 2.20. The molecule has 4 nitrogen and oxygen atoms in total. The highest BCUT2D eigenvalue weighted by atomic mass is 35.5. The Morgan fingerprint density at radius 2 is 1.95 bits per heavy atom. The number of nitrogens with two attached hydrogens (primary N) is 1. The Labute approximate surface area is 138 Å². The van der Waals surface area contributed by atoms with E-state index in [1.807, 2.05) is 6.07 Å². The lowest BCUT2D eigenvalue weighted by Crippen LogP contribution is -2.18. The van der Waals surface area contributed by atoms with Crippen molar-refractivity contribution in [2.24, 2.45) is 11.7 Å². The van der Waals surface area contributed by atoms with E-state index in [9.17, 15) is 0 Å². The molecule has 0 radical (unpaired) electrons. The van der Waals surface area contributed by atoms with Crippen LogP contribution in [0.4, 0.5) is 0 Å². The quantitative estimate of drug-likeness (QED) is 0.767. The summed E-state index contributed by atoms with van der Waals surface area (Å²) in [5.74, 6) is 1.33. The molecular formula is C14H17Cl2N3OS. The third kappa shape index (κ3) is 4.13. The highest BCUT2D eigenvalue weighted by Crippen LogP contribution is 2.31. The van der Waals surface area contributed by atoms with Gasteiger partial charge < -0.3 is 10.2 Å². The maximum atomic E-state index is 6.13. The predicted molar refractivity (Wildman–Crippen MR) is 86.7 cm³/mol. The number of halogens is 2. The van der Waals surface area contributed by atoms with Gasteiger partial charge in [0.15, 0.2) is 0 Å². The summed E-state index contributed by atoms with van der Waals surface area (Å²) in [5, 5.41) is 9.76. The lowest BCUT2D eigenvalue weighted by atomic mass is 10.0. The average Bonchev–Trinajstić information content (AvgIpc) is 2.94. The van der Waals surface area contributed by atoms with Gasteiger partial charge in [0.1, 0.15) is 0 Å². The van der Waals surface area contributed by atoms with Crippen molar-refractivity contribution in [3.63, 3.8) is 0 Å². The minimum Gasteiger partial charge on any atom is -0.414 e. The molecule has 1 aromatic carbocycles. The molecule has 114 valence electrons. The molecule has 0 spiro atoms. The first kappa shape index (κ1) is 16.6. The Balaban J connectivity index is 2.03. The Morgan fingerprint density at radius 1 is 1.29 bits per heavy atom. The summed E-state index contributed by atoms with van der Waals surface area (Å²) in [5.41, 5.74) is 6.93. The lowest BCUT2D eigenvalue weighted by Gasteiger charge is -2.13. The van der Waals surface area contributed by atoms with E-state index >= 15 is 0 Å². The number of rotatable bonds is 6. The van der Waals surface area contributed by atoms with Gasteiger partial charge in [-0.05, 0) is 23.6 Å². The second kappa shape index (κ2) is 7.49. The van der Waals surface area contributed by atoms with Crippen molar-refractivity contribution >= 4 is 35.0 Å². The van der Waals surface area contributed by atoms with Gasteiger partial charge in [-0.1, -0.05) is 61.3 Å². The van der Waals surface area contributed by atoms with Crippen LogP contribution in [0.3, 0.4) is 0 Å². The number of benzene rings is 1. The topological polar surface area (TPSA) is 64.9 Å². The van der Waals surface area contributed by atoms with Crippen molar-refractivity contribution in [1.82, 2.24) is 10.2 Å². The number of hydrogen-bond donors (Lipinski definition) is 1. The molecule has 0 saturated heterocycles. The molecule has 2 atom stereocenters.